The molecule has 0 aromatic heterocycles. The van der Waals surface area contributed by atoms with Crippen molar-refractivity contribution in [1.29, 1.82) is 0 Å². The van der Waals surface area contributed by atoms with E-state index < -0.39 is 6.09 Å². The summed E-state index contributed by atoms with van der Waals surface area (Å²) in [6, 6.07) is 28.2. The highest BCUT2D eigenvalue weighted by Gasteiger charge is 2.37. The number of benzene rings is 3. The van der Waals surface area contributed by atoms with Gasteiger partial charge in [-0.3, -0.25) is 4.79 Å². The van der Waals surface area contributed by atoms with E-state index in [2.05, 4.69) is 29.2 Å². The normalized spacial score (nSPS) is 17.8. The second-order valence-corrected chi connectivity index (χ2v) is 8.89. The van der Waals surface area contributed by atoms with E-state index in [0.717, 1.165) is 35.5 Å². The number of carbonyl (C=O) groups is 2. The first-order chi connectivity index (χ1) is 16.7. The van der Waals surface area contributed by atoms with Crippen LogP contribution in [0.3, 0.4) is 0 Å². The summed E-state index contributed by atoms with van der Waals surface area (Å²) < 4.78 is 5.34. The van der Waals surface area contributed by atoms with Gasteiger partial charge in [-0.05, 0) is 66.8 Å². The molecule has 1 aliphatic heterocycles. The van der Waals surface area contributed by atoms with Gasteiger partial charge in [-0.2, -0.15) is 0 Å². The van der Waals surface area contributed by atoms with E-state index in [1.54, 1.807) is 6.08 Å². The van der Waals surface area contributed by atoms with Gasteiger partial charge in [-0.25, -0.2) is 9.69 Å². The predicted molar refractivity (Wildman–Crippen MR) is 134 cm³/mol. The Morgan fingerprint density at radius 3 is 1.91 bits per heavy atom. The first-order valence-electron chi connectivity index (χ1n) is 11.9. The molecule has 0 radical (unpaired) electrons. The highest BCUT2D eigenvalue weighted by Crippen LogP contribution is 2.34. The zero-order valence-electron chi connectivity index (χ0n) is 19.1. The van der Waals surface area contributed by atoms with Crippen LogP contribution in [-0.4, -0.2) is 23.4 Å². The summed E-state index contributed by atoms with van der Waals surface area (Å²) in [4.78, 5) is 28.6. The van der Waals surface area contributed by atoms with Crippen LogP contribution in [0.15, 0.2) is 90.7 Å². The van der Waals surface area contributed by atoms with Gasteiger partial charge in [0.05, 0.1) is 0 Å². The standard InChI is InChI=1S/C29H28N2O3/c32-28-27(34-29(33)30(28)21-23-10-4-1-5-11-23)20-22-16-18-26(19-17-22)31(24-12-6-2-7-13-24)25-14-8-3-9-15-25/h2-3,6-9,12-20,23H,1,4-5,10-11,21H2/b27-20+. The molecule has 2 amide bonds. The SMILES string of the molecule is O=C1O/C(=C/c2ccc(N(c3ccccc3)c3ccccc3)cc2)C(=O)N1CC1CCCCC1. The molecule has 2 fully saturated rings. The van der Waals surface area contributed by atoms with Crippen molar-refractivity contribution in [3.05, 3.63) is 96.3 Å². The van der Waals surface area contributed by atoms with Crippen molar-refractivity contribution in [1.82, 2.24) is 4.90 Å². The molecule has 1 aliphatic carbocycles. The smallest absolute Gasteiger partial charge is 0.404 e. The minimum absolute atomic E-state index is 0.0940. The molecule has 5 rings (SSSR count). The fourth-order valence-electron chi connectivity index (χ4n) is 4.76. The van der Waals surface area contributed by atoms with E-state index in [1.165, 1.54) is 24.2 Å². The number of ether oxygens (including phenoxy) is 1. The minimum atomic E-state index is -0.558. The van der Waals surface area contributed by atoms with Gasteiger partial charge in [0.1, 0.15) is 0 Å². The van der Waals surface area contributed by atoms with Crippen molar-refractivity contribution in [3.8, 4) is 0 Å². The molecule has 172 valence electrons. The minimum Gasteiger partial charge on any atom is -0.404 e. The first kappa shape index (κ1) is 22.0. The molecule has 0 bridgehead atoms. The lowest BCUT2D eigenvalue weighted by Gasteiger charge is -2.25. The van der Waals surface area contributed by atoms with Crippen molar-refractivity contribution in [2.24, 2.45) is 5.92 Å². The monoisotopic (exact) mass is 452 g/mol. The second-order valence-electron chi connectivity index (χ2n) is 8.89. The highest BCUT2D eigenvalue weighted by atomic mass is 16.6. The zero-order chi connectivity index (χ0) is 23.3. The number of anilines is 3. The van der Waals surface area contributed by atoms with Gasteiger partial charge >= 0.3 is 6.09 Å². The number of amides is 2. The summed E-state index contributed by atoms with van der Waals surface area (Å²) in [6.45, 7) is 0.455. The van der Waals surface area contributed by atoms with Crippen molar-refractivity contribution in [2.75, 3.05) is 11.4 Å². The molecule has 0 spiro atoms. The molecule has 5 heteroatoms. The fraction of sp³-hybridized carbons (Fsp3) is 0.241. The summed E-state index contributed by atoms with van der Waals surface area (Å²) in [6.07, 6.45) is 6.80. The van der Waals surface area contributed by atoms with Crippen LogP contribution in [0.1, 0.15) is 37.7 Å². The fourth-order valence-corrected chi connectivity index (χ4v) is 4.76. The van der Waals surface area contributed by atoms with Crippen LogP contribution in [0.25, 0.3) is 6.08 Å². The van der Waals surface area contributed by atoms with Crippen LogP contribution in [-0.2, 0) is 9.53 Å². The Morgan fingerprint density at radius 1 is 0.765 bits per heavy atom. The lowest BCUT2D eigenvalue weighted by atomic mass is 9.89. The van der Waals surface area contributed by atoms with E-state index in [9.17, 15) is 9.59 Å². The number of cyclic esters (lactones) is 1. The number of nitrogens with zero attached hydrogens (tertiary/aromatic N) is 2. The number of para-hydroxylation sites is 2. The van der Waals surface area contributed by atoms with Crippen LogP contribution < -0.4 is 4.90 Å². The molecular formula is C29H28N2O3. The topological polar surface area (TPSA) is 49.9 Å². The molecule has 0 atom stereocenters. The Labute approximate surface area is 200 Å². The maximum absolute atomic E-state index is 12.8. The molecule has 2 aliphatic rings. The number of hydrogen-bond acceptors (Lipinski definition) is 4. The maximum Gasteiger partial charge on any atom is 0.422 e. The molecule has 1 heterocycles. The maximum atomic E-state index is 12.8. The lowest BCUT2D eigenvalue weighted by molar-refractivity contribution is -0.123. The average molecular weight is 453 g/mol. The number of imide groups is 1. The molecule has 1 saturated heterocycles. The molecule has 0 unspecified atom stereocenters. The third-order valence-corrected chi connectivity index (χ3v) is 6.52. The van der Waals surface area contributed by atoms with E-state index >= 15 is 0 Å². The summed E-state index contributed by atoms with van der Waals surface area (Å²) >= 11 is 0. The lowest BCUT2D eigenvalue weighted by Crippen LogP contribution is -2.34. The Kier molecular flexibility index (Phi) is 6.43. The summed E-state index contributed by atoms with van der Waals surface area (Å²) in [5, 5.41) is 0. The van der Waals surface area contributed by atoms with Gasteiger partial charge in [0.25, 0.3) is 5.91 Å². The summed E-state index contributed by atoms with van der Waals surface area (Å²) in [7, 11) is 0. The van der Waals surface area contributed by atoms with E-state index in [-0.39, 0.29) is 11.7 Å². The molecule has 3 aromatic carbocycles. The van der Waals surface area contributed by atoms with Crippen LogP contribution >= 0.6 is 0 Å². The van der Waals surface area contributed by atoms with Gasteiger partial charge in [0.15, 0.2) is 5.76 Å². The Hall–Kier alpha value is -3.86. The van der Waals surface area contributed by atoms with Crippen LogP contribution in [0.2, 0.25) is 0 Å². The van der Waals surface area contributed by atoms with Crippen molar-refractivity contribution < 1.29 is 14.3 Å². The van der Waals surface area contributed by atoms with E-state index in [1.807, 2.05) is 60.7 Å². The van der Waals surface area contributed by atoms with Gasteiger partial charge in [-0.1, -0.05) is 67.8 Å². The van der Waals surface area contributed by atoms with Crippen LogP contribution in [0.4, 0.5) is 21.9 Å². The van der Waals surface area contributed by atoms with Gasteiger partial charge in [0.2, 0.25) is 0 Å². The molecule has 5 nitrogen and oxygen atoms in total. The predicted octanol–water partition coefficient (Wildman–Crippen LogP) is 7.06. The summed E-state index contributed by atoms with van der Waals surface area (Å²) in [5.74, 6) is 0.136. The molecule has 1 saturated carbocycles. The summed E-state index contributed by atoms with van der Waals surface area (Å²) in [5.41, 5.74) is 3.91. The van der Waals surface area contributed by atoms with Gasteiger partial charge < -0.3 is 9.64 Å². The van der Waals surface area contributed by atoms with E-state index in [0.29, 0.717) is 12.5 Å². The average Bonchev–Trinajstić information content (AvgIpc) is 3.14. The molecule has 34 heavy (non-hydrogen) atoms. The second kappa shape index (κ2) is 9.96. The Bertz CT molecular complexity index is 1130. The third kappa shape index (κ3) is 4.74. The number of carbonyl (C=O) groups excluding carboxylic acids is 2. The van der Waals surface area contributed by atoms with E-state index in [4.69, 9.17) is 4.74 Å². The first-order valence-corrected chi connectivity index (χ1v) is 11.9. The molecule has 3 aromatic rings. The Morgan fingerprint density at radius 2 is 1.32 bits per heavy atom. The van der Waals surface area contributed by atoms with Crippen molar-refractivity contribution in [3.63, 3.8) is 0 Å². The van der Waals surface area contributed by atoms with Gasteiger partial charge in [0, 0.05) is 23.6 Å². The number of hydrogen-bond donors (Lipinski definition) is 0. The zero-order valence-corrected chi connectivity index (χ0v) is 19.1. The van der Waals surface area contributed by atoms with Crippen LogP contribution in [0, 0.1) is 5.92 Å². The Balaban J connectivity index is 1.36. The number of rotatable bonds is 6. The largest absolute Gasteiger partial charge is 0.422 e. The molecule has 0 N–H and O–H groups in total. The van der Waals surface area contributed by atoms with Gasteiger partial charge in [-0.15, -0.1) is 0 Å². The quantitative estimate of drug-likeness (QED) is 0.376. The van der Waals surface area contributed by atoms with Crippen LogP contribution in [0.5, 0.6) is 0 Å². The van der Waals surface area contributed by atoms with Crippen molar-refractivity contribution in [2.45, 2.75) is 32.1 Å². The third-order valence-electron chi connectivity index (χ3n) is 6.52. The molecular weight excluding hydrogens is 424 g/mol. The van der Waals surface area contributed by atoms with Crippen molar-refractivity contribution >= 4 is 35.1 Å². The highest BCUT2D eigenvalue weighted by molar-refractivity contribution is 6.09.